The molecule has 1 atom stereocenters. The summed E-state index contributed by atoms with van der Waals surface area (Å²) in [6.07, 6.45) is 3.65. The summed E-state index contributed by atoms with van der Waals surface area (Å²) < 4.78 is 32.1. The second-order valence-corrected chi connectivity index (χ2v) is 8.00. The van der Waals surface area contributed by atoms with Crippen LogP contribution < -0.4 is 9.47 Å². The Morgan fingerprint density at radius 1 is 1.09 bits per heavy atom. The largest absolute Gasteiger partial charge is 0.492 e. The van der Waals surface area contributed by atoms with Gasteiger partial charge in [0.15, 0.2) is 0 Å². The molecule has 0 amide bonds. The van der Waals surface area contributed by atoms with Gasteiger partial charge in [-0.1, -0.05) is 12.1 Å². The summed E-state index contributed by atoms with van der Waals surface area (Å²) in [6.45, 7) is 3.73. The molecule has 1 saturated heterocycles. The highest BCUT2D eigenvalue weighted by atomic mass is 19.1. The van der Waals surface area contributed by atoms with Crippen LogP contribution in [0.15, 0.2) is 67.0 Å². The second kappa shape index (κ2) is 10.6. The van der Waals surface area contributed by atoms with Crippen molar-refractivity contribution in [2.75, 3.05) is 39.5 Å². The molecule has 1 unspecified atom stereocenters. The number of hydrogen-bond donors (Lipinski definition) is 1. The molecular weight excluding hydrogens is 413 g/mol. The van der Waals surface area contributed by atoms with Gasteiger partial charge in [-0.3, -0.25) is 9.58 Å². The maximum absolute atomic E-state index is 13.1. The zero-order chi connectivity index (χ0) is 22.2. The van der Waals surface area contributed by atoms with Gasteiger partial charge in [0.1, 0.15) is 36.1 Å². The number of β-amino-alcohol motifs (C(OH)–C–C–N with tert-alkyl or cyclic N) is 1. The highest BCUT2D eigenvalue weighted by Gasteiger charge is 2.33. The number of benzene rings is 2. The number of rotatable bonds is 9. The van der Waals surface area contributed by atoms with E-state index < -0.39 is 5.60 Å². The monoisotopic (exact) mass is 441 g/mol. The molecule has 2 heterocycles. The van der Waals surface area contributed by atoms with E-state index >= 15 is 0 Å². The fraction of sp³-hybridized carbons (Fsp3) is 0.375. The zero-order valence-corrected chi connectivity index (χ0v) is 17.9. The molecule has 0 spiro atoms. The van der Waals surface area contributed by atoms with Gasteiger partial charge in [-0.25, -0.2) is 4.39 Å². The van der Waals surface area contributed by atoms with Gasteiger partial charge in [-0.05, 0) is 48.0 Å². The Morgan fingerprint density at radius 3 is 2.78 bits per heavy atom. The minimum Gasteiger partial charge on any atom is -0.492 e. The summed E-state index contributed by atoms with van der Waals surface area (Å²) in [5.41, 5.74) is -0.0757. The molecule has 2 aromatic carbocycles. The van der Waals surface area contributed by atoms with Crippen LogP contribution in [0.2, 0.25) is 0 Å². The summed E-state index contributed by atoms with van der Waals surface area (Å²) in [7, 11) is 0. The van der Waals surface area contributed by atoms with Crippen LogP contribution >= 0.6 is 0 Å². The third-order valence-corrected chi connectivity index (χ3v) is 5.21. The smallest absolute Gasteiger partial charge is 0.134 e. The van der Waals surface area contributed by atoms with E-state index in [0.717, 1.165) is 11.3 Å². The van der Waals surface area contributed by atoms with Crippen molar-refractivity contribution in [1.82, 2.24) is 14.7 Å². The number of nitrogens with zero attached hydrogens (tertiary/aromatic N) is 3. The van der Waals surface area contributed by atoms with Gasteiger partial charge >= 0.3 is 0 Å². The van der Waals surface area contributed by atoms with E-state index in [0.29, 0.717) is 45.1 Å². The third-order valence-electron chi connectivity index (χ3n) is 5.21. The van der Waals surface area contributed by atoms with Crippen LogP contribution in [0.5, 0.6) is 11.5 Å². The summed E-state index contributed by atoms with van der Waals surface area (Å²) in [5, 5.41) is 15.2. The number of halogens is 1. The van der Waals surface area contributed by atoms with Crippen LogP contribution in [0.25, 0.3) is 0 Å². The van der Waals surface area contributed by atoms with E-state index in [1.54, 1.807) is 18.3 Å². The standard InChI is InChI=1S/C24H28FN3O4/c25-21-5-7-22(8-6-21)32-19-24(29)17-27(11-13-30-18-24)16-20-3-1-4-23(15-20)31-14-12-28-10-2-9-26-28/h1-10,15,29H,11-14,16-19H2. The minimum atomic E-state index is -1.16. The predicted molar refractivity (Wildman–Crippen MR) is 117 cm³/mol. The fourth-order valence-electron chi connectivity index (χ4n) is 3.65. The average Bonchev–Trinajstić information content (AvgIpc) is 3.23. The number of ether oxygens (including phenoxy) is 3. The lowest BCUT2D eigenvalue weighted by Gasteiger charge is -2.30. The molecule has 8 heteroatoms. The van der Waals surface area contributed by atoms with Gasteiger partial charge in [0.05, 0.1) is 19.8 Å². The van der Waals surface area contributed by atoms with Crippen LogP contribution in [0.1, 0.15) is 5.56 Å². The van der Waals surface area contributed by atoms with Crippen molar-refractivity contribution >= 4 is 0 Å². The molecule has 0 bridgehead atoms. The molecule has 1 fully saturated rings. The van der Waals surface area contributed by atoms with Gasteiger partial charge < -0.3 is 19.3 Å². The van der Waals surface area contributed by atoms with Crippen molar-refractivity contribution < 1.29 is 23.7 Å². The van der Waals surface area contributed by atoms with Crippen molar-refractivity contribution in [2.24, 2.45) is 0 Å². The van der Waals surface area contributed by atoms with Gasteiger partial charge in [0, 0.05) is 32.0 Å². The zero-order valence-electron chi connectivity index (χ0n) is 17.9. The van der Waals surface area contributed by atoms with Crippen LogP contribution in [0, 0.1) is 5.82 Å². The number of hydrogen-bond acceptors (Lipinski definition) is 6. The molecule has 4 rings (SSSR count). The molecular formula is C24H28FN3O4. The Bertz CT molecular complexity index is 968. The summed E-state index contributed by atoms with van der Waals surface area (Å²) in [6, 6.07) is 15.6. The van der Waals surface area contributed by atoms with Gasteiger partial charge in [-0.15, -0.1) is 0 Å². The van der Waals surface area contributed by atoms with E-state index in [2.05, 4.69) is 10.00 Å². The molecule has 1 aromatic heterocycles. The normalized spacial score (nSPS) is 19.4. The molecule has 7 nitrogen and oxygen atoms in total. The van der Waals surface area contributed by atoms with E-state index in [4.69, 9.17) is 14.2 Å². The van der Waals surface area contributed by atoms with Crippen molar-refractivity contribution in [3.8, 4) is 11.5 Å². The van der Waals surface area contributed by atoms with Gasteiger partial charge in [-0.2, -0.15) is 5.10 Å². The Morgan fingerprint density at radius 2 is 1.97 bits per heavy atom. The Labute approximate surface area is 186 Å². The quantitative estimate of drug-likeness (QED) is 0.551. The van der Waals surface area contributed by atoms with Crippen molar-refractivity contribution in [2.45, 2.75) is 18.7 Å². The maximum Gasteiger partial charge on any atom is 0.134 e. The first-order valence-electron chi connectivity index (χ1n) is 10.7. The molecule has 170 valence electrons. The maximum atomic E-state index is 13.1. The molecule has 0 aliphatic carbocycles. The SMILES string of the molecule is OC1(COc2ccc(F)cc2)COCCN(Cc2cccc(OCCn3cccn3)c2)C1. The molecule has 0 saturated carbocycles. The average molecular weight is 442 g/mol. The Balaban J connectivity index is 1.31. The van der Waals surface area contributed by atoms with Crippen molar-refractivity contribution in [3.63, 3.8) is 0 Å². The molecule has 1 aliphatic rings. The molecule has 1 aliphatic heterocycles. The van der Waals surface area contributed by atoms with E-state index in [9.17, 15) is 9.50 Å². The molecule has 3 aromatic rings. The molecule has 32 heavy (non-hydrogen) atoms. The summed E-state index contributed by atoms with van der Waals surface area (Å²) in [4.78, 5) is 2.14. The van der Waals surface area contributed by atoms with Crippen LogP contribution in [0.4, 0.5) is 4.39 Å². The van der Waals surface area contributed by atoms with Gasteiger partial charge in [0.2, 0.25) is 0 Å². The second-order valence-electron chi connectivity index (χ2n) is 8.00. The summed E-state index contributed by atoms with van der Waals surface area (Å²) >= 11 is 0. The lowest BCUT2D eigenvalue weighted by molar-refractivity contribution is -0.0646. The first kappa shape index (κ1) is 22.3. The highest BCUT2D eigenvalue weighted by molar-refractivity contribution is 5.28. The van der Waals surface area contributed by atoms with Gasteiger partial charge in [0.25, 0.3) is 0 Å². The minimum absolute atomic E-state index is 0.0612. The Kier molecular flexibility index (Phi) is 7.36. The highest BCUT2D eigenvalue weighted by Crippen LogP contribution is 2.20. The number of aliphatic hydroxyl groups is 1. The van der Waals surface area contributed by atoms with Crippen LogP contribution in [-0.4, -0.2) is 64.9 Å². The summed E-state index contributed by atoms with van der Waals surface area (Å²) in [5.74, 6) is 0.985. The third kappa shape index (κ3) is 6.53. The lowest BCUT2D eigenvalue weighted by Crippen LogP contribution is -2.48. The van der Waals surface area contributed by atoms with E-state index in [-0.39, 0.29) is 19.0 Å². The first-order chi connectivity index (χ1) is 15.6. The van der Waals surface area contributed by atoms with Crippen LogP contribution in [0.3, 0.4) is 0 Å². The van der Waals surface area contributed by atoms with E-state index in [1.165, 1.54) is 12.1 Å². The predicted octanol–water partition coefficient (Wildman–Crippen LogP) is 2.74. The van der Waals surface area contributed by atoms with E-state index in [1.807, 2.05) is 41.2 Å². The topological polar surface area (TPSA) is 69.0 Å². The number of aromatic nitrogens is 2. The fourth-order valence-corrected chi connectivity index (χ4v) is 3.65. The first-order valence-corrected chi connectivity index (χ1v) is 10.7. The molecule has 1 N–H and O–H groups in total. The molecule has 0 radical (unpaired) electrons. The van der Waals surface area contributed by atoms with Crippen molar-refractivity contribution in [1.29, 1.82) is 0 Å². The van der Waals surface area contributed by atoms with Crippen LogP contribution in [-0.2, 0) is 17.8 Å². The van der Waals surface area contributed by atoms with Crippen molar-refractivity contribution in [3.05, 3.63) is 78.4 Å². The lowest BCUT2D eigenvalue weighted by atomic mass is 10.1. The Hall–Kier alpha value is -2.94.